The molecule has 2 aromatic carbocycles. The standard InChI is InChI=1S/C19H22O2/c1-12(2)19-17(14-7-5-4-6-8-14)18(20)15-11-13(3)9-10-16(15)21-19/h4-12,17-20H,1-3H3. The van der Waals surface area contributed by atoms with E-state index in [2.05, 4.69) is 26.0 Å². The predicted octanol–water partition coefficient (Wildman–Crippen LogP) is 4.23. The number of fused-ring (bicyclic) bond motifs is 1. The first kappa shape index (κ1) is 14.2. The van der Waals surface area contributed by atoms with Crippen LogP contribution in [0.1, 0.15) is 42.6 Å². The van der Waals surface area contributed by atoms with Crippen molar-refractivity contribution < 1.29 is 9.84 Å². The molecule has 0 radical (unpaired) electrons. The second-order valence-electron chi connectivity index (χ2n) is 6.25. The Bertz CT molecular complexity index is 619. The van der Waals surface area contributed by atoms with E-state index in [1.807, 2.05) is 43.3 Å². The van der Waals surface area contributed by atoms with Crippen molar-refractivity contribution in [2.75, 3.05) is 0 Å². The van der Waals surface area contributed by atoms with Gasteiger partial charge >= 0.3 is 0 Å². The van der Waals surface area contributed by atoms with Crippen LogP contribution in [0.25, 0.3) is 0 Å². The summed E-state index contributed by atoms with van der Waals surface area (Å²) in [5, 5.41) is 10.9. The van der Waals surface area contributed by atoms with Gasteiger partial charge in [0.15, 0.2) is 0 Å². The highest BCUT2D eigenvalue weighted by atomic mass is 16.5. The molecule has 0 aliphatic carbocycles. The molecule has 1 N–H and O–H groups in total. The van der Waals surface area contributed by atoms with Crippen LogP contribution in [0.15, 0.2) is 48.5 Å². The minimum atomic E-state index is -0.525. The fourth-order valence-electron chi connectivity index (χ4n) is 3.20. The maximum Gasteiger partial charge on any atom is 0.125 e. The molecule has 3 rings (SSSR count). The van der Waals surface area contributed by atoms with E-state index in [9.17, 15) is 5.11 Å². The van der Waals surface area contributed by atoms with E-state index in [1.165, 1.54) is 0 Å². The van der Waals surface area contributed by atoms with Crippen molar-refractivity contribution in [1.29, 1.82) is 0 Å². The molecule has 2 heteroatoms. The van der Waals surface area contributed by atoms with E-state index in [1.54, 1.807) is 0 Å². The lowest BCUT2D eigenvalue weighted by molar-refractivity contribution is 0.0163. The van der Waals surface area contributed by atoms with Crippen molar-refractivity contribution in [3.63, 3.8) is 0 Å². The van der Waals surface area contributed by atoms with Crippen molar-refractivity contribution >= 4 is 0 Å². The minimum absolute atomic E-state index is 0.0161. The van der Waals surface area contributed by atoms with Crippen LogP contribution in [-0.4, -0.2) is 11.2 Å². The third-order valence-electron chi connectivity index (χ3n) is 4.28. The quantitative estimate of drug-likeness (QED) is 0.893. The van der Waals surface area contributed by atoms with Crippen LogP contribution in [0.4, 0.5) is 0 Å². The summed E-state index contributed by atoms with van der Waals surface area (Å²) in [6.07, 6.45) is -0.541. The van der Waals surface area contributed by atoms with Gasteiger partial charge in [0.05, 0.1) is 12.0 Å². The Hall–Kier alpha value is -1.80. The summed E-state index contributed by atoms with van der Waals surface area (Å²) in [5.41, 5.74) is 3.18. The molecule has 110 valence electrons. The lowest BCUT2D eigenvalue weighted by Crippen LogP contribution is -2.38. The van der Waals surface area contributed by atoms with Crippen LogP contribution < -0.4 is 4.74 Å². The average molecular weight is 282 g/mol. The molecule has 0 spiro atoms. The molecule has 1 aliphatic rings. The lowest BCUT2D eigenvalue weighted by Gasteiger charge is -2.39. The van der Waals surface area contributed by atoms with Gasteiger partial charge in [-0.15, -0.1) is 0 Å². The van der Waals surface area contributed by atoms with Crippen LogP contribution >= 0.6 is 0 Å². The van der Waals surface area contributed by atoms with Gasteiger partial charge in [-0.1, -0.05) is 55.8 Å². The summed E-state index contributed by atoms with van der Waals surface area (Å²) in [7, 11) is 0. The summed E-state index contributed by atoms with van der Waals surface area (Å²) in [6, 6.07) is 16.2. The summed E-state index contributed by atoms with van der Waals surface area (Å²) < 4.78 is 6.23. The smallest absolute Gasteiger partial charge is 0.125 e. The second-order valence-corrected chi connectivity index (χ2v) is 6.25. The molecule has 0 saturated heterocycles. The van der Waals surface area contributed by atoms with E-state index in [0.29, 0.717) is 5.92 Å². The van der Waals surface area contributed by atoms with Gasteiger partial charge in [-0.05, 0) is 30.5 Å². The van der Waals surface area contributed by atoms with Crippen molar-refractivity contribution in [3.8, 4) is 5.75 Å². The van der Waals surface area contributed by atoms with Gasteiger partial charge < -0.3 is 9.84 Å². The van der Waals surface area contributed by atoms with Gasteiger partial charge in [-0.25, -0.2) is 0 Å². The van der Waals surface area contributed by atoms with Crippen LogP contribution in [0.2, 0.25) is 0 Å². The second kappa shape index (κ2) is 5.53. The zero-order valence-electron chi connectivity index (χ0n) is 12.8. The van der Waals surface area contributed by atoms with E-state index >= 15 is 0 Å². The Morgan fingerprint density at radius 2 is 1.76 bits per heavy atom. The van der Waals surface area contributed by atoms with Gasteiger partial charge in [0.25, 0.3) is 0 Å². The minimum Gasteiger partial charge on any atom is -0.489 e. The predicted molar refractivity (Wildman–Crippen MR) is 84.6 cm³/mol. The van der Waals surface area contributed by atoms with Crippen molar-refractivity contribution in [2.45, 2.75) is 38.9 Å². The molecule has 3 atom stereocenters. The van der Waals surface area contributed by atoms with Crippen molar-refractivity contribution in [3.05, 3.63) is 65.2 Å². The fourth-order valence-corrected chi connectivity index (χ4v) is 3.20. The van der Waals surface area contributed by atoms with Gasteiger partial charge in [-0.3, -0.25) is 0 Å². The Kier molecular flexibility index (Phi) is 3.73. The Labute approximate surface area is 126 Å². The molecule has 1 aliphatic heterocycles. The molecule has 2 nitrogen and oxygen atoms in total. The number of rotatable bonds is 2. The summed E-state index contributed by atoms with van der Waals surface area (Å²) >= 11 is 0. The van der Waals surface area contributed by atoms with Crippen molar-refractivity contribution in [1.82, 2.24) is 0 Å². The van der Waals surface area contributed by atoms with Crippen LogP contribution in [0, 0.1) is 12.8 Å². The van der Waals surface area contributed by atoms with E-state index in [0.717, 1.165) is 22.4 Å². The molecule has 0 saturated carbocycles. The van der Waals surface area contributed by atoms with Crippen molar-refractivity contribution in [2.24, 2.45) is 5.92 Å². The number of hydrogen-bond donors (Lipinski definition) is 1. The molecule has 3 unspecified atom stereocenters. The molecule has 0 amide bonds. The Morgan fingerprint density at radius 3 is 2.43 bits per heavy atom. The average Bonchev–Trinajstić information content (AvgIpc) is 2.48. The maximum absolute atomic E-state index is 10.9. The third kappa shape index (κ3) is 2.56. The number of ether oxygens (including phenoxy) is 1. The molecule has 1 heterocycles. The molecular weight excluding hydrogens is 260 g/mol. The number of aliphatic hydroxyl groups is 1. The number of hydrogen-bond acceptors (Lipinski definition) is 2. The molecule has 0 fully saturated rings. The highest BCUT2D eigenvalue weighted by Crippen LogP contribution is 2.46. The van der Waals surface area contributed by atoms with E-state index < -0.39 is 6.10 Å². The largest absolute Gasteiger partial charge is 0.489 e. The zero-order chi connectivity index (χ0) is 15.0. The van der Waals surface area contributed by atoms with Gasteiger partial charge in [0.1, 0.15) is 11.9 Å². The van der Waals surface area contributed by atoms with Gasteiger partial charge in [-0.2, -0.15) is 0 Å². The van der Waals surface area contributed by atoms with Crippen LogP contribution in [0.3, 0.4) is 0 Å². The van der Waals surface area contributed by atoms with Crippen LogP contribution in [0.5, 0.6) is 5.75 Å². The SMILES string of the molecule is Cc1ccc2c(c1)C(O)C(c1ccccc1)C(C(C)C)O2. The number of aryl methyl sites for hydroxylation is 1. The van der Waals surface area contributed by atoms with Gasteiger partial charge in [0, 0.05) is 5.56 Å². The third-order valence-corrected chi connectivity index (χ3v) is 4.28. The molecule has 2 aromatic rings. The summed E-state index contributed by atoms with van der Waals surface area (Å²) in [5.74, 6) is 1.12. The molecule has 0 bridgehead atoms. The molecule has 21 heavy (non-hydrogen) atoms. The lowest BCUT2D eigenvalue weighted by atomic mass is 9.78. The summed E-state index contributed by atoms with van der Waals surface area (Å²) in [6.45, 7) is 6.33. The van der Waals surface area contributed by atoms with E-state index in [4.69, 9.17) is 4.74 Å². The zero-order valence-corrected chi connectivity index (χ0v) is 12.8. The van der Waals surface area contributed by atoms with Crippen LogP contribution in [-0.2, 0) is 0 Å². The monoisotopic (exact) mass is 282 g/mol. The number of aliphatic hydroxyl groups excluding tert-OH is 1. The first-order valence-corrected chi connectivity index (χ1v) is 7.58. The van der Waals surface area contributed by atoms with Gasteiger partial charge in [0.2, 0.25) is 0 Å². The van der Waals surface area contributed by atoms with E-state index in [-0.39, 0.29) is 12.0 Å². The first-order chi connectivity index (χ1) is 10.1. The highest BCUT2D eigenvalue weighted by Gasteiger charge is 2.39. The summed E-state index contributed by atoms with van der Waals surface area (Å²) in [4.78, 5) is 0. The number of benzene rings is 2. The highest BCUT2D eigenvalue weighted by molar-refractivity contribution is 5.43. The molecule has 0 aromatic heterocycles. The molecular formula is C19H22O2. The Morgan fingerprint density at radius 1 is 1.05 bits per heavy atom. The maximum atomic E-state index is 10.9. The normalized spacial score (nSPS) is 24.5. The topological polar surface area (TPSA) is 29.5 Å². The fraction of sp³-hybridized carbons (Fsp3) is 0.368. The first-order valence-electron chi connectivity index (χ1n) is 7.58. The Balaban J connectivity index is 2.09.